The summed E-state index contributed by atoms with van der Waals surface area (Å²) in [6, 6.07) is 16.9. The van der Waals surface area contributed by atoms with E-state index >= 15 is 0 Å². The highest BCUT2D eigenvalue weighted by Gasteiger charge is 2.14. The molecule has 0 bridgehead atoms. The molecule has 126 valence electrons. The second-order valence-electron chi connectivity index (χ2n) is 5.41. The zero-order valence-electron chi connectivity index (χ0n) is 14.0. The van der Waals surface area contributed by atoms with E-state index in [0.717, 1.165) is 10.6 Å². The molecule has 0 aliphatic rings. The van der Waals surface area contributed by atoms with E-state index in [2.05, 4.69) is 5.43 Å². The number of amides is 2. The Morgan fingerprint density at radius 3 is 2.25 bits per heavy atom. The Balaban J connectivity index is 2.08. The SMILES string of the molecule is CN(C)C(=O)CSc1ccccc1C(=O)NN(C)c1ccccc1. The molecule has 0 saturated carbocycles. The Labute approximate surface area is 146 Å². The van der Waals surface area contributed by atoms with E-state index in [-0.39, 0.29) is 11.8 Å². The number of benzene rings is 2. The number of para-hydroxylation sites is 1. The van der Waals surface area contributed by atoms with Gasteiger partial charge in [-0.05, 0) is 24.3 Å². The number of anilines is 1. The average Bonchev–Trinajstić information content (AvgIpc) is 2.60. The van der Waals surface area contributed by atoms with Gasteiger partial charge in [0, 0.05) is 26.0 Å². The molecule has 2 aromatic rings. The van der Waals surface area contributed by atoms with Crippen LogP contribution < -0.4 is 10.4 Å². The van der Waals surface area contributed by atoms with E-state index < -0.39 is 0 Å². The monoisotopic (exact) mass is 343 g/mol. The smallest absolute Gasteiger partial charge is 0.270 e. The predicted octanol–water partition coefficient (Wildman–Crippen LogP) is 2.65. The fourth-order valence-electron chi connectivity index (χ4n) is 1.98. The van der Waals surface area contributed by atoms with Gasteiger partial charge in [0.25, 0.3) is 5.91 Å². The van der Waals surface area contributed by atoms with Gasteiger partial charge < -0.3 is 4.90 Å². The van der Waals surface area contributed by atoms with Crippen molar-refractivity contribution < 1.29 is 9.59 Å². The highest BCUT2D eigenvalue weighted by molar-refractivity contribution is 8.00. The van der Waals surface area contributed by atoms with Crippen molar-refractivity contribution in [2.45, 2.75) is 4.90 Å². The summed E-state index contributed by atoms with van der Waals surface area (Å²) in [5, 5.41) is 1.68. The van der Waals surface area contributed by atoms with Gasteiger partial charge in [-0.25, -0.2) is 0 Å². The Morgan fingerprint density at radius 2 is 1.58 bits per heavy atom. The molecule has 2 rings (SSSR count). The number of hydrogen-bond acceptors (Lipinski definition) is 4. The van der Waals surface area contributed by atoms with Crippen molar-refractivity contribution in [1.29, 1.82) is 0 Å². The Hall–Kier alpha value is -2.47. The number of carbonyl (C=O) groups is 2. The third-order valence-corrected chi connectivity index (χ3v) is 4.45. The molecule has 1 N–H and O–H groups in total. The maximum Gasteiger partial charge on any atom is 0.270 e. The predicted molar refractivity (Wildman–Crippen MR) is 98.2 cm³/mol. The summed E-state index contributed by atoms with van der Waals surface area (Å²) in [6.45, 7) is 0. The van der Waals surface area contributed by atoms with Crippen LogP contribution in [0.3, 0.4) is 0 Å². The first kappa shape index (κ1) is 17.9. The van der Waals surface area contributed by atoms with Crippen LogP contribution >= 0.6 is 11.8 Å². The zero-order valence-corrected chi connectivity index (χ0v) is 14.8. The van der Waals surface area contributed by atoms with Gasteiger partial charge in [0.15, 0.2) is 0 Å². The average molecular weight is 343 g/mol. The number of hydrogen-bond donors (Lipinski definition) is 1. The summed E-state index contributed by atoms with van der Waals surface area (Å²) in [4.78, 5) is 26.6. The molecule has 0 fully saturated rings. The van der Waals surface area contributed by atoms with Crippen molar-refractivity contribution in [3.05, 3.63) is 60.2 Å². The van der Waals surface area contributed by atoms with Crippen molar-refractivity contribution in [1.82, 2.24) is 10.3 Å². The van der Waals surface area contributed by atoms with Crippen molar-refractivity contribution in [2.75, 3.05) is 31.9 Å². The van der Waals surface area contributed by atoms with Gasteiger partial charge >= 0.3 is 0 Å². The number of nitrogens with zero attached hydrogens (tertiary/aromatic N) is 2. The van der Waals surface area contributed by atoms with Crippen molar-refractivity contribution in [2.24, 2.45) is 0 Å². The van der Waals surface area contributed by atoms with Gasteiger partial charge in [-0.1, -0.05) is 30.3 Å². The molecule has 0 aliphatic heterocycles. The number of thioether (sulfide) groups is 1. The Morgan fingerprint density at radius 1 is 0.958 bits per heavy atom. The van der Waals surface area contributed by atoms with Gasteiger partial charge in [0.2, 0.25) is 5.91 Å². The van der Waals surface area contributed by atoms with E-state index in [1.54, 1.807) is 37.1 Å². The summed E-state index contributed by atoms with van der Waals surface area (Å²) in [5.41, 5.74) is 4.29. The van der Waals surface area contributed by atoms with Gasteiger partial charge in [-0.2, -0.15) is 0 Å². The van der Waals surface area contributed by atoms with E-state index in [1.807, 2.05) is 48.5 Å². The van der Waals surface area contributed by atoms with Crippen LogP contribution in [0.4, 0.5) is 5.69 Å². The van der Waals surface area contributed by atoms with Crippen LogP contribution in [0.25, 0.3) is 0 Å². The molecule has 2 aromatic carbocycles. The van der Waals surface area contributed by atoms with Gasteiger partial charge in [0.1, 0.15) is 0 Å². The molecule has 2 amide bonds. The Kier molecular flexibility index (Phi) is 6.26. The standard InChI is InChI=1S/C18H21N3O2S/c1-20(2)17(22)13-24-16-12-8-7-11-15(16)18(23)19-21(3)14-9-5-4-6-10-14/h4-12H,13H2,1-3H3,(H,19,23). The van der Waals surface area contributed by atoms with Gasteiger partial charge in [-0.3, -0.25) is 20.0 Å². The van der Waals surface area contributed by atoms with E-state index in [9.17, 15) is 9.59 Å². The van der Waals surface area contributed by atoms with Crippen molar-refractivity contribution >= 4 is 29.3 Å². The van der Waals surface area contributed by atoms with Crippen LogP contribution in [-0.4, -0.2) is 43.6 Å². The lowest BCUT2D eigenvalue weighted by Gasteiger charge is -2.21. The van der Waals surface area contributed by atoms with Crippen LogP contribution in [0.15, 0.2) is 59.5 Å². The number of nitrogens with one attached hydrogen (secondary N) is 1. The second kappa shape index (κ2) is 8.40. The molecule has 0 radical (unpaired) electrons. The van der Waals surface area contributed by atoms with Crippen LogP contribution in [0.2, 0.25) is 0 Å². The lowest BCUT2D eigenvalue weighted by molar-refractivity contribution is -0.125. The zero-order chi connectivity index (χ0) is 17.5. The molecule has 0 atom stereocenters. The molecule has 0 aliphatic carbocycles. The minimum atomic E-state index is -0.207. The third kappa shape index (κ3) is 4.76. The number of hydrazine groups is 1. The molecule has 24 heavy (non-hydrogen) atoms. The van der Waals surface area contributed by atoms with Crippen LogP contribution in [0.5, 0.6) is 0 Å². The highest BCUT2D eigenvalue weighted by Crippen LogP contribution is 2.23. The number of rotatable bonds is 6. The molecule has 0 spiro atoms. The van der Waals surface area contributed by atoms with E-state index in [4.69, 9.17) is 0 Å². The van der Waals surface area contributed by atoms with Crippen LogP contribution in [0.1, 0.15) is 10.4 Å². The lowest BCUT2D eigenvalue weighted by atomic mass is 10.2. The van der Waals surface area contributed by atoms with Crippen LogP contribution in [0, 0.1) is 0 Å². The van der Waals surface area contributed by atoms with Crippen LogP contribution in [-0.2, 0) is 4.79 Å². The van der Waals surface area contributed by atoms with Gasteiger partial charge in [-0.15, -0.1) is 11.8 Å². The maximum atomic E-state index is 12.6. The molecule has 6 heteroatoms. The summed E-state index contributed by atoms with van der Waals surface area (Å²) in [6.07, 6.45) is 0. The minimum absolute atomic E-state index is 0.0108. The molecule has 5 nitrogen and oxygen atoms in total. The summed E-state index contributed by atoms with van der Waals surface area (Å²) in [7, 11) is 5.23. The fourth-order valence-corrected chi connectivity index (χ4v) is 3.01. The number of carbonyl (C=O) groups excluding carboxylic acids is 2. The maximum absolute atomic E-state index is 12.6. The summed E-state index contributed by atoms with van der Waals surface area (Å²) in [5.74, 6) is 0.101. The summed E-state index contributed by atoms with van der Waals surface area (Å²) < 4.78 is 0. The fraction of sp³-hybridized carbons (Fsp3) is 0.222. The van der Waals surface area contributed by atoms with E-state index in [0.29, 0.717) is 11.3 Å². The molecule has 0 aromatic heterocycles. The third-order valence-electron chi connectivity index (χ3n) is 3.39. The molecule has 0 saturated heterocycles. The van der Waals surface area contributed by atoms with E-state index in [1.165, 1.54) is 11.8 Å². The van der Waals surface area contributed by atoms with Crippen molar-refractivity contribution in [3.63, 3.8) is 0 Å². The normalized spacial score (nSPS) is 10.1. The Bertz CT molecular complexity index is 704. The molecule has 0 heterocycles. The highest BCUT2D eigenvalue weighted by atomic mass is 32.2. The first-order valence-electron chi connectivity index (χ1n) is 7.51. The minimum Gasteiger partial charge on any atom is -0.348 e. The molecule has 0 unspecified atom stereocenters. The quantitative estimate of drug-likeness (QED) is 0.647. The van der Waals surface area contributed by atoms with Gasteiger partial charge in [0.05, 0.1) is 17.0 Å². The first-order chi connectivity index (χ1) is 11.5. The topological polar surface area (TPSA) is 52.7 Å². The first-order valence-corrected chi connectivity index (χ1v) is 8.49. The second-order valence-corrected chi connectivity index (χ2v) is 6.43. The van der Waals surface area contributed by atoms with Crippen molar-refractivity contribution in [3.8, 4) is 0 Å². The largest absolute Gasteiger partial charge is 0.348 e. The molecular weight excluding hydrogens is 322 g/mol. The lowest BCUT2D eigenvalue weighted by Crippen LogP contribution is -2.39. The summed E-state index contributed by atoms with van der Waals surface area (Å²) >= 11 is 1.36. The molecular formula is C18H21N3O2S.